The Labute approximate surface area is 116 Å². The number of nitrogens with one attached hydrogen (secondary N) is 1. The molecule has 0 saturated carbocycles. The van der Waals surface area contributed by atoms with Crippen molar-refractivity contribution in [1.82, 2.24) is 9.88 Å². The number of likely N-dealkylation sites (N-methyl/N-ethyl adjacent to an activating group) is 1. The molecule has 3 rings (SSSR count). The van der Waals surface area contributed by atoms with E-state index >= 15 is 0 Å². The molecule has 1 aliphatic rings. The quantitative estimate of drug-likeness (QED) is 0.866. The number of nitrogens with zero attached hydrogens (tertiary/aromatic N) is 1. The lowest BCUT2D eigenvalue weighted by Crippen LogP contribution is -2.24. The number of aromatic amines is 1. The highest BCUT2D eigenvalue weighted by atomic mass is 19.1. The first kappa shape index (κ1) is 13.1. The van der Waals surface area contributed by atoms with Gasteiger partial charge in [0.05, 0.1) is 5.39 Å². The van der Waals surface area contributed by atoms with Gasteiger partial charge in [0.15, 0.2) is 0 Å². The van der Waals surface area contributed by atoms with Crippen LogP contribution < -0.4 is 5.56 Å². The minimum Gasteiger partial charge on any atom is -0.325 e. The Morgan fingerprint density at radius 1 is 1.30 bits per heavy atom. The van der Waals surface area contributed by atoms with Gasteiger partial charge in [-0.3, -0.25) is 4.79 Å². The van der Waals surface area contributed by atoms with Crippen molar-refractivity contribution >= 4 is 16.3 Å². The van der Waals surface area contributed by atoms with E-state index in [0.717, 1.165) is 36.2 Å². The Bertz CT molecular complexity index is 761. The van der Waals surface area contributed by atoms with Crippen molar-refractivity contribution in [3.63, 3.8) is 0 Å². The van der Waals surface area contributed by atoms with Gasteiger partial charge in [-0.05, 0) is 43.5 Å². The number of fused-ring (bicyclic) bond motifs is 1. The second-order valence-corrected chi connectivity index (χ2v) is 5.39. The first-order valence-electron chi connectivity index (χ1n) is 6.76. The average Bonchev–Trinajstić information content (AvgIpc) is 2.41. The molecule has 0 bridgehead atoms. The number of halogens is 1. The molecule has 0 unspecified atom stereocenters. The number of pyridine rings is 1. The van der Waals surface area contributed by atoms with E-state index in [-0.39, 0.29) is 11.4 Å². The molecule has 1 aromatic carbocycles. The molecule has 104 valence electrons. The lowest BCUT2D eigenvalue weighted by Gasteiger charge is -2.23. The van der Waals surface area contributed by atoms with Gasteiger partial charge in [-0.2, -0.15) is 0 Å². The van der Waals surface area contributed by atoms with Crippen LogP contribution in [-0.2, 0) is 0 Å². The van der Waals surface area contributed by atoms with Crippen LogP contribution in [0.5, 0.6) is 0 Å². The SMILES string of the molecule is Cc1[nH]c(=O)c2cc(F)ccc2c1C1=CCN(C)CC1. The van der Waals surface area contributed by atoms with Crippen LogP contribution in [0.2, 0.25) is 0 Å². The van der Waals surface area contributed by atoms with Crippen molar-refractivity contribution in [2.45, 2.75) is 13.3 Å². The first-order valence-corrected chi connectivity index (χ1v) is 6.76. The third kappa shape index (κ3) is 2.16. The Morgan fingerprint density at radius 2 is 2.10 bits per heavy atom. The van der Waals surface area contributed by atoms with Crippen molar-refractivity contribution in [3.8, 4) is 0 Å². The van der Waals surface area contributed by atoms with Crippen LogP contribution >= 0.6 is 0 Å². The van der Waals surface area contributed by atoms with E-state index in [1.54, 1.807) is 6.07 Å². The normalized spacial score (nSPS) is 16.4. The molecule has 0 saturated heterocycles. The minimum absolute atomic E-state index is 0.228. The molecule has 0 aliphatic carbocycles. The summed E-state index contributed by atoms with van der Waals surface area (Å²) in [6.07, 6.45) is 3.13. The van der Waals surface area contributed by atoms with Crippen LogP contribution in [0.15, 0.2) is 29.1 Å². The molecule has 1 aliphatic heterocycles. The van der Waals surface area contributed by atoms with Gasteiger partial charge in [-0.1, -0.05) is 12.1 Å². The maximum absolute atomic E-state index is 13.4. The third-order valence-corrected chi connectivity index (χ3v) is 3.90. The zero-order chi connectivity index (χ0) is 14.3. The van der Waals surface area contributed by atoms with Crippen molar-refractivity contribution in [1.29, 1.82) is 0 Å². The molecule has 1 N–H and O–H groups in total. The molecular weight excluding hydrogens is 255 g/mol. The summed E-state index contributed by atoms with van der Waals surface area (Å²) >= 11 is 0. The Hall–Kier alpha value is -1.94. The molecule has 0 atom stereocenters. The first-order chi connectivity index (χ1) is 9.56. The number of benzene rings is 1. The number of hydrogen-bond acceptors (Lipinski definition) is 2. The summed E-state index contributed by atoms with van der Waals surface area (Å²) in [5.41, 5.74) is 2.90. The third-order valence-electron chi connectivity index (χ3n) is 3.90. The van der Waals surface area contributed by atoms with Crippen LogP contribution in [0.25, 0.3) is 16.3 Å². The molecule has 0 amide bonds. The van der Waals surface area contributed by atoms with Crippen LogP contribution in [0, 0.1) is 12.7 Å². The van der Waals surface area contributed by atoms with Crippen LogP contribution in [-0.4, -0.2) is 30.0 Å². The molecule has 3 nitrogen and oxygen atoms in total. The molecular formula is C16H17FN2O. The standard InChI is InChI=1S/C16H17FN2O/c1-10-15(11-5-7-19(2)8-6-11)13-4-3-12(17)9-14(13)16(20)18-10/h3-5,9H,6-8H2,1-2H3,(H,18,20). The summed E-state index contributed by atoms with van der Waals surface area (Å²) in [5.74, 6) is -0.379. The number of aromatic nitrogens is 1. The van der Waals surface area contributed by atoms with E-state index in [0.29, 0.717) is 5.39 Å². The summed E-state index contributed by atoms with van der Waals surface area (Å²) < 4.78 is 13.4. The fourth-order valence-corrected chi connectivity index (χ4v) is 2.84. The smallest absolute Gasteiger partial charge is 0.256 e. The lowest BCUT2D eigenvalue weighted by atomic mass is 9.93. The lowest BCUT2D eigenvalue weighted by molar-refractivity contribution is 0.370. The molecule has 1 aromatic heterocycles. The monoisotopic (exact) mass is 272 g/mol. The zero-order valence-electron chi connectivity index (χ0n) is 11.7. The molecule has 0 spiro atoms. The maximum Gasteiger partial charge on any atom is 0.256 e. The van der Waals surface area contributed by atoms with Gasteiger partial charge in [0.25, 0.3) is 5.56 Å². The maximum atomic E-state index is 13.4. The van der Waals surface area contributed by atoms with Gasteiger partial charge in [-0.15, -0.1) is 0 Å². The highest BCUT2D eigenvalue weighted by Gasteiger charge is 2.16. The number of H-pyrrole nitrogens is 1. The number of aryl methyl sites for hydroxylation is 1. The van der Waals surface area contributed by atoms with Crippen molar-refractivity contribution in [3.05, 3.63) is 51.7 Å². The van der Waals surface area contributed by atoms with Crippen LogP contribution in [0.3, 0.4) is 0 Å². The predicted molar refractivity (Wildman–Crippen MR) is 79.4 cm³/mol. The fraction of sp³-hybridized carbons (Fsp3) is 0.312. The van der Waals surface area contributed by atoms with E-state index < -0.39 is 0 Å². The van der Waals surface area contributed by atoms with E-state index in [9.17, 15) is 9.18 Å². The summed E-state index contributed by atoms with van der Waals surface area (Å²) in [5, 5.41) is 1.26. The summed E-state index contributed by atoms with van der Waals surface area (Å²) in [7, 11) is 2.08. The van der Waals surface area contributed by atoms with Crippen molar-refractivity contribution in [2.24, 2.45) is 0 Å². The molecule has 2 heterocycles. The van der Waals surface area contributed by atoms with Gasteiger partial charge < -0.3 is 9.88 Å². The largest absolute Gasteiger partial charge is 0.325 e. The van der Waals surface area contributed by atoms with E-state index in [1.165, 1.54) is 17.7 Å². The van der Waals surface area contributed by atoms with Gasteiger partial charge in [-0.25, -0.2) is 4.39 Å². The average molecular weight is 272 g/mol. The van der Waals surface area contributed by atoms with E-state index in [2.05, 4.69) is 23.0 Å². The van der Waals surface area contributed by atoms with Crippen LogP contribution in [0.4, 0.5) is 4.39 Å². The minimum atomic E-state index is -0.379. The topological polar surface area (TPSA) is 36.1 Å². The zero-order valence-corrected chi connectivity index (χ0v) is 11.7. The second-order valence-electron chi connectivity index (χ2n) is 5.39. The molecule has 2 aromatic rings. The Balaban J connectivity index is 2.28. The van der Waals surface area contributed by atoms with E-state index in [4.69, 9.17) is 0 Å². The Kier molecular flexibility index (Phi) is 3.18. The van der Waals surface area contributed by atoms with Crippen molar-refractivity contribution < 1.29 is 4.39 Å². The highest BCUT2D eigenvalue weighted by Crippen LogP contribution is 2.29. The number of hydrogen-bond donors (Lipinski definition) is 1. The molecule has 0 radical (unpaired) electrons. The summed E-state index contributed by atoms with van der Waals surface area (Å²) in [4.78, 5) is 17.1. The molecule has 4 heteroatoms. The van der Waals surface area contributed by atoms with Gasteiger partial charge >= 0.3 is 0 Å². The van der Waals surface area contributed by atoms with Gasteiger partial charge in [0, 0.05) is 24.3 Å². The Morgan fingerprint density at radius 3 is 2.80 bits per heavy atom. The second kappa shape index (κ2) is 4.87. The summed E-state index contributed by atoms with van der Waals surface area (Å²) in [6, 6.07) is 4.44. The number of rotatable bonds is 1. The predicted octanol–water partition coefficient (Wildman–Crippen LogP) is 2.69. The highest BCUT2D eigenvalue weighted by molar-refractivity contribution is 5.94. The van der Waals surface area contributed by atoms with Gasteiger partial charge in [0.1, 0.15) is 5.82 Å². The van der Waals surface area contributed by atoms with Crippen LogP contribution in [0.1, 0.15) is 17.7 Å². The molecule has 20 heavy (non-hydrogen) atoms. The fourth-order valence-electron chi connectivity index (χ4n) is 2.84. The van der Waals surface area contributed by atoms with Crippen molar-refractivity contribution in [2.75, 3.05) is 20.1 Å². The summed E-state index contributed by atoms with van der Waals surface area (Å²) in [6.45, 7) is 3.79. The van der Waals surface area contributed by atoms with Gasteiger partial charge in [0.2, 0.25) is 0 Å². The molecule has 0 fully saturated rings. The van der Waals surface area contributed by atoms with E-state index in [1.807, 2.05) is 6.92 Å².